The molecule has 0 aliphatic rings. The third-order valence-corrected chi connectivity index (χ3v) is 3.00. The molecule has 0 spiro atoms. The van der Waals surface area contributed by atoms with Crippen LogP contribution < -0.4 is 5.56 Å². The van der Waals surface area contributed by atoms with Gasteiger partial charge < -0.3 is 5.21 Å². The van der Waals surface area contributed by atoms with Crippen molar-refractivity contribution in [3.8, 4) is 0 Å². The maximum absolute atomic E-state index is 11.5. The highest BCUT2D eigenvalue weighted by Crippen LogP contribution is 2.28. The van der Waals surface area contributed by atoms with Crippen LogP contribution in [0.25, 0.3) is 0 Å². The van der Waals surface area contributed by atoms with E-state index < -0.39 is 0 Å². The van der Waals surface area contributed by atoms with E-state index in [1.165, 1.54) is 6.07 Å². The van der Waals surface area contributed by atoms with Crippen LogP contribution >= 0.6 is 0 Å². The zero-order valence-corrected chi connectivity index (χ0v) is 10.6. The first-order valence-electron chi connectivity index (χ1n) is 5.82. The fraction of sp³-hybridized carbons (Fsp3) is 0.615. The minimum Gasteiger partial charge on any atom is -0.425 e. The van der Waals surface area contributed by atoms with Crippen molar-refractivity contribution < 1.29 is 5.21 Å². The molecule has 3 heteroatoms. The van der Waals surface area contributed by atoms with Gasteiger partial charge in [-0.15, -0.1) is 0 Å². The molecule has 1 aromatic heterocycles. The first-order chi connectivity index (χ1) is 7.38. The van der Waals surface area contributed by atoms with Crippen LogP contribution in [0.15, 0.2) is 16.9 Å². The fourth-order valence-electron chi connectivity index (χ4n) is 1.92. The molecule has 0 unspecified atom stereocenters. The summed E-state index contributed by atoms with van der Waals surface area (Å²) in [6, 6.07) is 3.33. The van der Waals surface area contributed by atoms with E-state index in [1.807, 2.05) is 13.0 Å². The topological polar surface area (TPSA) is 42.2 Å². The number of rotatable bonds is 4. The lowest BCUT2D eigenvalue weighted by atomic mass is 9.83. The van der Waals surface area contributed by atoms with Crippen LogP contribution in [0.1, 0.15) is 51.3 Å². The second kappa shape index (κ2) is 4.73. The van der Waals surface area contributed by atoms with Gasteiger partial charge in [-0.3, -0.25) is 4.79 Å². The maximum atomic E-state index is 11.5. The van der Waals surface area contributed by atoms with E-state index >= 15 is 0 Å². The number of aromatic nitrogens is 1. The van der Waals surface area contributed by atoms with E-state index in [0.29, 0.717) is 5.69 Å². The van der Waals surface area contributed by atoms with Gasteiger partial charge in [-0.25, -0.2) is 0 Å². The van der Waals surface area contributed by atoms with Crippen LogP contribution in [0.2, 0.25) is 0 Å². The monoisotopic (exact) mass is 223 g/mol. The third kappa shape index (κ3) is 2.65. The third-order valence-electron chi connectivity index (χ3n) is 3.00. The molecule has 0 aromatic carbocycles. The molecule has 0 saturated heterocycles. The molecule has 3 nitrogen and oxygen atoms in total. The molecule has 0 bridgehead atoms. The quantitative estimate of drug-likeness (QED) is 0.797. The second-order valence-corrected chi connectivity index (χ2v) is 5.06. The van der Waals surface area contributed by atoms with E-state index in [9.17, 15) is 10.0 Å². The van der Waals surface area contributed by atoms with Gasteiger partial charge in [0.25, 0.3) is 5.56 Å². The highest BCUT2D eigenvalue weighted by atomic mass is 16.5. The molecule has 1 heterocycles. The second-order valence-electron chi connectivity index (χ2n) is 5.06. The molecule has 90 valence electrons. The van der Waals surface area contributed by atoms with E-state index in [0.717, 1.165) is 29.6 Å². The molecular weight excluding hydrogens is 202 g/mol. The summed E-state index contributed by atoms with van der Waals surface area (Å²) in [5, 5.41) is 9.76. The minimum absolute atomic E-state index is 0.171. The van der Waals surface area contributed by atoms with Crippen molar-refractivity contribution in [2.45, 2.75) is 52.4 Å². The Bertz CT molecular complexity index is 418. The van der Waals surface area contributed by atoms with E-state index in [1.54, 1.807) is 0 Å². The SMILES string of the molecule is CCCCC(C)(C)c1cc(C)cc(=O)n1O. The lowest BCUT2D eigenvalue weighted by Gasteiger charge is -2.26. The maximum Gasteiger partial charge on any atom is 0.283 e. The van der Waals surface area contributed by atoms with Crippen LogP contribution in [0, 0.1) is 6.92 Å². The van der Waals surface area contributed by atoms with Crippen LogP contribution in [-0.2, 0) is 5.41 Å². The number of hydrogen-bond donors (Lipinski definition) is 1. The van der Waals surface area contributed by atoms with E-state index in [-0.39, 0.29) is 11.0 Å². The summed E-state index contributed by atoms with van der Waals surface area (Å²) in [4.78, 5) is 11.5. The van der Waals surface area contributed by atoms with Crippen LogP contribution in [0.4, 0.5) is 0 Å². The predicted octanol–water partition coefficient (Wildman–Crippen LogP) is 2.86. The lowest BCUT2D eigenvalue weighted by Crippen LogP contribution is -2.30. The fourth-order valence-corrected chi connectivity index (χ4v) is 1.92. The highest BCUT2D eigenvalue weighted by Gasteiger charge is 2.24. The van der Waals surface area contributed by atoms with Crippen molar-refractivity contribution in [2.24, 2.45) is 0 Å². The summed E-state index contributed by atoms with van der Waals surface area (Å²) in [6.45, 7) is 8.13. The van der Waals surface area contributed by atoms with E-state index in [2.05, 4.69) is 20.8 Å². The molecular formula is C13H21NO2. The van der Waals surface area contributed by atoms with Gasteiger partial charge in [0.2, 0.25) is 0 Å². The van der Waals surface area contributed by atoms with Crippen molar-refractivity contribution in [1.29, 1.82) is 0 Å². The minimum atomic E-state index is -0.348. The molecule has 0 atom stereocenters. The van der Waals surface area contributed by atoms with Crippen LogP contribution in [0.3, 0.4) is 0 Å². The first kappa shape index (κ1) is 12.8. The first-order valence-corrected chi connectivity index (χ1v) is 5.82. The Hall–Kier alpha value is -1.25. The summed E-state index contributed by atoms with van der Waals surface area (Å²) in [5.41, 5.74) is 1.08. The zero-order chi connectivity index (χ0) is 12.3. The average Bonchev–Trinajstić information content (AvgIpc) is 2.20. The van der Waals surface area contributed by atoms with Crippen LogP contribution in [-0.4, -0.2) is 9.94 Å². The lowest BCUT2D eigenvalue weighted by molar-refractivity contribution is 0.150. The molecule has 0 radical (unpaired) electrons. The summed E-state index contributed by atoms with van der Waals surface area (Å²) in [7, 11) is 0. The molecule has 0 saturated carbocycles. The highest BCUT2D eigenvalue weighted by molar-refractivity contribution is 5.21. The van der Waals surface area contributed by atoms with Gasteiger partial charge in [0, 0.05) is 11.5 Å². The van der Waals surface area contributed by atoms with Gasteiger partial charge in [0.15, 0.2) is 0 Å². The Kier molecular flexibility index (Phi) is 3.79. The van der Waals surface area contributed by atoms with Gasteiger partial charge in [0.1, 0.15) is 0 Å². The predicted molar refractivity (Wildman–Crippen MR) is 65.2 cm³/mol. The standard InChI is InChI=1S/C13H21NO2/c1-5-6-7-13(3,4)11-8-10(2)9-12(15)14(11)16/h8-9,16H,5-7H2,1-4H3. The van der Waals surface area contributed by atoms with E-state index in [4.69, 9.17) is 0 Å². The summed E-state index contributed by atoms with van der Waals surface area (Å²) in [6.07, 6.45) is 3.17. The van der Waals surface area contributed by atoms with Gasteiger partial charge in [-0.1, -0.05) is 33.6 Å². The number of pyridine rings is 1. The van der Waals surface area contributed by atoms with Crippen molar-refractivity contribution in [2.75, 3.05) is 0 Å². The summed E-state index contributed by atoms with van der Waals surface area (Å²) < 4.78 is 0.780. The van der Waals surface area contributed by atoms with Crippen molar-refractivity contribution >= 4 is 0 Å². The van der Waals surface area contributed by atoms with Gasteiger partial charge in [-0.05, 0) is 25.0 Å². The molecule has 0 amide bonds. The number of nitrogens with zero attached hydrogens (tertiary/aromatic N) is 1. The summed E-state index contributed by atoms with van der Waals surface area (Å²) >= 11 is 0. The number of unbranched alkanes of at least 4 members (excludes halogenated alkanes) is 1. The molecule has 0 aliphatic heterocycles. The normalized spacial score (nSPS) is 11.8. The zero-order valence-electron chi connectivity index (χ0n) is 10.6. The molecule has 1 rings (SSSR count). The van der Waals surface area contributed by atoms with Crippen molar-refractivity contribution in [1.82, 2.24) is 4.73 Å². The smallest absolute Gasteiger partial charge is 0.283 e. The Morgan fingerprint density at radius 2 is 2.00 bits per heavy atom. The number of aryl methyl sites for hydroxylation is 1. The van der Waals surface area contributed by atoms with Crippen molar-refractivity contribution in [3.05, 3.63) is 33.7 Å². The Morgan fingerprint density at radius 3 is 2.56 bits per heavy atom. The largest absolute Gasteiger partial charge is 0.425 e. The van der Waals surface area contributed by atoms with Crippen molar-refractivity contribution in [3.63, 3.8) is 0 Å². The average molecular weight is 223 g/mol. The molecule has 0 fully saturated rings. The Morgan fingerprint density at radius 1 is 1.38 bits per heavy atom. The molecule has 0 aliphatic carbocycles. The van der Waals surface area contributed by atoms with Gasteiger partial charge in [-0.2, -0.15) is 4.73 Å². The number of hydrogen-bond acceptors (Lipinski definition) is 2. The van der Waals surface area contributed by atoms with Gasteiger partial charge in [0.05, 0.1) is 5.69 Å². The Labute approximate surface area is 96.7 Å². The van der Waals surface area contributed by atoms with Crippen LogP contribution in [0.5, 0.6) is 0 Å². The molecule has 16 heavy (non-hydrogen) atoms. The molecule has 1 aromatic rings. The molecule has 1 N–H and O–H groups in total. The van der Waals surface area contributed by atoms with Gasteiger partial charge >= 0.3 is 0 Å². The Balaban J connectivity index is 3.16. The summed E-state index contributed by atoms with van der Waals surface area (Å²) in [5.74, 6) is 0.